The van der Waals surface area contributed by atoms with Crippen molar-refractivity contribution in [1.82, 2.24) is 4.98 Å². The topological polar surface area (TPSA) is 33.1 Å². The summed E-state index contributed by atoms with van der Waals surface area (Å²) in [6, 6.07) is 9.13. The number of pyridine rings is 1. The molecule has 2 aromatic rings. The Morgan fingerprint density at radius 1 is 1.08 bits per heavy atom. The number of phenolic OH excluding ortho intramolecular Hbond substituents is 1. The van der Waals surface area contributed by atoms with Gasteiger partial charge in [-0.15, -0.1) is 0 Å². The second kappa shape index (κ2) is 3.55. The number of hydrogen-bond donors (Lipinski definition) is 1. The Labute approximate surface area is 80.2 Å². The molecule has 0 amide bonds. The number of hydrogen-bond acceptors (Lipinski definition) is 2. The number of nitrogens with zero attached hydrogens (tertiary/aromatic N) is 1. The molecule has 2 rings (SSSR count). The van der Waals surface area contributed by atoms with Crippen molar-refractivity contribution in [2.24, 2.45) is 0 Å². The van der Waals surface area contributed by atoms with E-state index in [9.17, 15) is 5.11 Å². The van der Waals surface area contributed by atoms with Crippen LogP contribution >= 0.6 is 0 Å². The summed E-state index contributed by atoms with van der Waals surface area (Å²) in [4.78, 5) is 4.03. The van der Waals surface area contributed by atoms with E-state index >= 15 is 0 Å². The van der Waals surface area contributed by atoms with Crippen molar-refractivity contribution < 1.29 is 21.6 Å². The third-order valence-electron chi connectivity index (χ3n) is 1.61. The van der Waals surface area contributed by atoms with E-state index in [0.29, 0.717) is 5.52 Å². The normalized spacial score (nSPS) is 9.33. The monoisotopic (exact) mass is 203 g/mol. The van der Waals surface area contributed by atoms with Crippen molar-refractivity contribution in [3.8, 4) is 5.75 Å². The van der Waals surface area contributed by atoms with Crippen molar-refractivity contribution in [2.75, 3.05) is 0 Å². The van der Waals surface area contributed by atoms with Gasteiger partial charge in [-0.2, -0.15) is 0 Å². The van der Waals surface area contributed by atoms with E-state index in [1.807, 2.05) is 18.2 Å². The van der Waals surface area contributed by atoms with Crippen LogP contribution in [0.1, 0.15) is 0 Å². The first-order valence-corrected chi connectivity index (χ1v) is 3.40. The molecule has 0 unspecified atom stereocenters. The molecule has 1 aromatic carbocycles. The van der Waals surface area contributed by atoms with Gasteiger partial charge in [0.25, 0.3) is 0 Å². The average molecular weight is 204 g/mol. The molecule has 0 aliphatic rings. The van der Waals surface area contributed by atoms with Crippen molar-refractivity contribution in [1.29, 1.82) is 0 Å². The number of para-hydroxylation sites is 1. The van der Waals surface area contributed by atoms with Gasteiger partial charge in [-0.3, -0.25) is 4.98 Å². The Morgan fingerprint density at radius 3 is 2.58 bits per heavy atom. The van der Waals surface area contributed by atoms with E-state index in [1.165, 1.54) is 0 Å². The van der Waals surface area contributed by atoms with Gasteiger partial charge in [-0.25, -0.2) is 0 Å². The first-order valence-electron chi connectivity index (χ1n) is 3.40. The van der Waals surface area contributed by atoms with Gasteiger partial charge in [0.15, 0.2) is 0 Å². The summed E-state index contributed by atoms with van der Waals surface area (Å²) in [7, 11) is 0. The van der Waals surface area contributed by atoms with Crippen LogP contribution in [0.5, 0.6) is 5.75 Å². The van der Waals surface area contributed by atoms with Crippen LogP contribution in [0.25, 0.3) is 10.9 Å². The molecular weight excluding hydrogens is 197 g/mol. The Balaban J connectivity index is 0.000000720. The first-order chi connectivity index (χ1) is 5.38. The number of aromatic nitrogens is 1. The zero-order valence-corrected chi connectivity index (χ0v) is 7.16. The summed E-state index contributed by atoms with van der Waals surface area (Å²) < 4.78 is 0. The summed E-state index contributed by atoms with van der Waals surface area (Å²) in [5.41, 5.74) is 0.662. The molecule has 1 N–H and O–H groups in total. The molecule has 1 aromatic heterocycles. The third-order valence-corrected chi connectivity index (χ3v) is 1.61. The fourth-order valence-corrected chi connectivity index (χ4v) is 1.09. The Kier molecular flexibility index (Phi) is 2.67. The van der Waals surface area contributed by atoms with E-state index in [1.54, 1.807) is 18.3 Å². The summed E-state index contributed by atoms with van der Waals surface area (Å²) in [5, 5.41) is 10.3. The minimum atomic E-state index is 0. The summed E-state index contributed by atoms with van der Waals surface area (Å²) in [6.07, 6.45) is 1.67. The number of aromatic hydroxyl groups is 1. The van der Waals surface area contributed by atoms with Gasteiger partial charge in [0.05, 0.1) is 0 Å². The molecule has 62 valence electrons. The van der Waals surface area contributed by atoms with Gasteiger partial charge in [0, 0.05) is 11.6 Å². The maximum absolute atomic E-state index is 9.31. The maximum atomic E-state index is 9.31. The minimum Gasteiger partial charge on any atom is -0.506 e. The van der Waals surface area contributed by atoms with Crippen LogP contribution in [0.2, 0.25) is 0 Å². The molecule has 1 heterocycles. The summed E-state index contributed by atoms with van der Waals surface area (Å²) >= 11 is 0. The zero-order valence-electron chi connectivity index (χ0n) is 6.17. The SMILES string of the molecule is Oc1cccc2cccnc12.[Ni+2]. The summed E-state index contributed by atoms with van der Waals surface area (Å²) in [5.74, 6) is 0.239. The van der Waals surface area contributed by atoms with Crippen LogP contribution in [-0.2, 0) is 16.5 Å². The van der Waals surface area contributed by atoms with Gasteiger partial charge in [0.2, 0.25) is 0 Å². The van der Waals surface area contributed by atoms with Gasteiger partial charge in [0.1, 0.15) is 11.3 Å². The van der Waals surface area contributed by atoms with Gasteiger partial charge in [-0.1, -0.05) is 18.2 Å². The molecule has 0 atom stereocenters. The minimum absolute atomic E-state index is 0. The standard InChI is InChI=1S/C9H7NO.Ni/c11-8-5-1-3-7-4-2-6-10-9(7)8;/h1-6,11H;/q;+2. The van der Waals surface area contributed by atoms with E-state index in [-0.39, 0.29) is 22.2 Å². The predicted octanol–water partition coefficient (Wildman–Crippen LogP) is 1.94. The van der Waals surface area contributed by atoms with E-state index in [4.69, 9.17) is 0 Å². The van der Waals surface area contributed by atoms with Gasteiger partial charge >= 0.3 is 16.5 Å². The molecule has 0 radical (unpaired) electrons. The predicted molar refractivity (Wildman–Crippen MR) is 43.4 cm³/mol. The van der Waals surface area contributed by atoms with E-state index in [0.717, 1.165) is 5.39 Å². The fourth-order valence-electron chi connectivity index (χ4n) is 1.09. The van der Waals surface area contributed by atoms with E-state index < -0.39 is 0 Å². The molecule has 12 heavy (non-hydrogen) atoms. The van der Waals surface area contributed by atoms with Crippen molar-refractivity contribution in [2.45, 2.75) is 0 Å². The fraction of sp³-hybridized carbons (Fsp3) is 0. The zero-order chi connectivity index (χ0) is 7.68. The molecule has 3 heteroatoms. The van der Waals surface area contributed by atoms with Crippen LogP contribution in [0, 0.1) is 0 Å². The Bertz CT molecular complexity index is 384. The van der Waals surface area contributed by atoms with Crippen molar-refractivity contribution >= 4 is 10.9 Å². The molecule has 0 saturated heterocycles. The smallest absolute Gasteiger partial charge is 0.506 e. The Morgan fingerprint density at radius 2 is 1.83 bits per heavy atom. The van der Waals surface area contributed by atoms with Crippen LogP contribution in [0.4, 0.5) is 0 Å². The Hall–Kier alpha value is -1.08. The van der Waals surface area contributed by atoms with Crippen LogP contribution in [0.15, 0.2) is 36.5 Å². The maximum Gasteiger partial charge on any atom is 2.00 e. The molecule has 0 aliphatic heterocycles. The second-order valence-electron chi connectivity index (χ2n) is 2.35. The van der Waals surface area contributed by atoms with Crippen LogP contribution in [0.3, 0.4) is 0 Å². The summed E-state index contributed by atoms with van der Waals surface area (Å²) in [6.45, 7) is 0. The second-order valence-corrected chi connectivity index (χ2v) is 2.35. The number of fused-ring (bicyclic) bond motifs is 1. The van der Waals surface area contributed by atoms with Crippen molar-refractivity contribution in [3.05, 3.63) is 36.5 Å². The molecule has 0 spiro atoms. The quantitative estimate of drug-likeness (QED) is 0.665. The number of rotatable bonds is 0. The number of phenols is 1. The van der Waals surface area contributed by atoms with Crippen molar-refractivity contribution in [3.63, 3.8) is 0 Å². The molecule has 0 bridgehead atoms. The number of benzene rings is 1. The van der Waals surface area contributed by atoms with E-state index in [2.05, 4.69) is 4.98 Å². The largest absolute Gasteiger partial charge is 2.00 e. The van der Waals surface area contributed by atoms with Crippen LogP contribution in [-0.4, -0.2) is 10.1 Å². The molecule has 2 nitrogen and oxygen atoms in total. The first kappa shape index (κ1) is 9.02. The van der Waals surface area contributed by atoms with Gasteiger partial charge < -0.3 is 5.11 Å². The third kappa shape index (κ3) is 1.41. The van der Waals surface area contributed by atoms with Crippen LogP contribution < -0.4 is 0 Å². The molecular formula is C9H7NNiO+2. The molecule has 0 aliphatic carbocycles. The molecule has 0 saturated carbocycles. The molecule has 0 fully saturated rings. The average Bonchev–Trinajstić information content (AvgIpc) is 2.06. The van der Waals surface area contributed by atoms with Gasteiger partial charge in [-0.05, 0) is 12.1 Å².